The van der Waals surface area contributed by atoms with E-state index in [1.54, 1.807) is 42.5 Å². The van der Waals surface area contributed by atoms with Gasteiger partial charge in [-0.1, -0.05) is 0 Å². The van der Waals surface area contributed by atoms with Crippen molar-refractivity contribution in [3.63, 3.8) is 0 Å². The van der Waals surface area contributed by atoms with Gasteiger partial charge in [0.2, 0.25) is 0 Å². The van der Waals surface area contributed by atoms with Gasteiger partial charge in [-0.15, -0.1) is 0 Å². The van der Waals surface area contributed by atoms with Crippen LogP contribution in [0.3, 0.4) is 0 Å². The maximum Gasteiger partial charge on any atom is 0.255 e. The Hall–Kier alpha value is -3.61. The van der Waals surface area contributed by atoms with E-state index in [9.17, 15) is 13.6 Å². The number of ether oxygens (including phenoxy) is 2. The molecule has 0 aliphatic rings. The number of carbonyl (C=O) groups is 1. The minimum Gasteiger partial charge on any atom is -0.497 e. The summed E-state index contributed by atoms with van der Waals surface area (Å²) in [4.78, 5) is 12.5. The molecule has 1 amide bonds. The third-order valence-electron chi connectivity index (χ3n) is 3.96. The van der Waals surface area contributed by atoms with Crippen LogP contribution in [0.2, 0.25) is 0 Å². The second-order valence-corrected chi connectivity index (χ2v) is 5.89. The van der Waals surface area contributed by atoms with Gasteiger partial charge in [0.05, 0.1) is 14.2 Å². The Labute approximate surface area is 160 Å². The summed E-state index contributed by atoms with van der Waals surface area (Å²) >= 11 is 0. The van der Waals surface area contributed by atoms with Crippen LogP contribution in [0.5, 0.6) is 11.5 Å². The van der Waals surface area contributed by atoms with Gasteiger partial charge in [-0.25, -0.2) is 8.78 Å². The normalized spacial score (nSPS) is 10.3. The summed E-state index contributed by atoms with van der Waals surface area (Å²) in [6.07, 6.45) is 0. The molecule has 3 aromatic rings. The van der Waals surface area contributed by atoms with E-state index in [4.69, 9.17) is 9.47 Å². The van der Waals surface area contributed by atoms with Gasteiger partial charge in [0.15, 0.2) is 11.6 Å². The third kappa shape index (κ3) is 4.56. The molecule has 0 aliphatic carbocycles. The van der Waals surface area contributed by atoms with Gasteiger partial charge >= 0.3 is 0 Å². The number of hydrogen-bond donors (Lipinski definition) is 2. The van der Waals surface area contributed by atoms with Crippen molar-refractivity contribution in [1.29, 1.82) is 0 Å². The number of halogens is 2. The molecule has 3 rings (SSSR count). The third-order valence-corrected chi connectivity index (χ3v) is 3.96. The molecule has 7 heteroatoms. The van der Waals surface area contributed by atoms with E-state index in [2.05, 4.69) is 10.6 Å². The molecule has 2 N–H and O–H groups in total. The van der Waals surface area contributed by atoms with Gasteiger partial charge < -0.3 is 20.1 Å². The Morgan fingerprint density at radius 1 is 0.750 bits per heavy atom. The second kappa shape index (κ2) is 8.39. The summed E-state index contributed by atoms with van der Waals surface area (Å²) in [7, 11) is 3.02. The highest BCUT2D eigenvalue weighted by Crippen LogP contribution is 2.24. The van der Waals surface area contributed by atoms with Crippen molar-refractivity contribution in [3.8, 4) is 11.5 Å². The number of nitrogens with one attached hydrogen (secondary N) is 2. The van der Waals surface area contributed by atoms with Crippen molar-refractivity contribution < 1.29 is 23.0 Å². The molecule has 0 heterocycles. The standard InChI is InChI=1S/C21H18F2N2O3/c1-27-17-9-13(10-18(12-17)28-2)21(26)25-15-5-3-14(4-6-15)24-16-7-8-19(22)20(23)11-16/h3-12,24H,1-2H3,(H,25,26). The van der Waals surface area contributed by atoms with E-state index in [-0.39, 0.29) is 5.91 Å². The van der Waals surface area contributed by atoms with Gasteiger partial charge in [0.25, 0.3) is 5.91 Å². The van der Waals surface area contributed by atoms with Crippen molar-refractivity contribution in [2.45, 2.75) is 0 Å². The van der Waals surface area contributed by atoms with E-state index >= 15 is 0 Å². The first-order chi connectivity index (χ1) is 13.5. The lowest BCUT2D eigenvalue weighted by Crippen LogP contribution is -2.12. The summed E-state index contributed by atoms with van der Waals surface area (Å²) < 4.78 is 36.6. The lowest BCUT2D eigenvalue weighted by molar-refractivity contribution is 0.102. The van der Waals surface area contributed by atoms with Gasteiger partial charge in [0, 0.05) is 34.8 Å². The first-order valence-corrected chi connectivity index (χ1v) is 8.35. The molecule has 0 bridgehead atoms. The van der Waals surface area contributed by atoms with Crippen LogP contribution in [-0.4, -0.2) is 20.1 Å². The summed E-state index contributed by atoms with van der Waals surface area (Å²) in [6, 6.07) is 15.3. The lowest BCUT2D eigenvalue weighted by atomic mass is 10.1. The number of hydrogen-bond acceptors (Lipinski definition) is 4. The molecule has 0 saturated heterocycles. The molecule has 28 heavy (non-hydrogen) atoms. The first-order valence-electron chi connectivity index (χ1n) is 8.35. The average Bonchev–Trinajstić information content (AvgIpc) is 2.71. The quantitative estimate of drug-likeness (QED) is 0.629. The van der Waals surface area contributed by atoms with Crippen LogP contribution in [0.25, 0.3) is 0 Å². The van der Waals surface area contributed by atoms with Crippen LogP contribution in [-0.2, 0) is 0 Å². The van der Waals surface area contributed by atoms with Crippen LogP contribution in [0.15, 0.2) is 60.7 Å². The largest absolute Gasteiger partial charge is 0.497 e. The smallest absolute Gasteiger partial charge is 0.255 e. The van der Waals surface area contributed by atoms with Crippen molar-refractivity contribution in [2.75, 3.05) is 24.9 Å². The minimum atomic E-state index is -0.928. The maximum absolute atomic E-state index is 13.3. The van der Waals surface area contributed by atoms with Gasteiger partial charge in [-0.3, -0.25) is 4.79 Å². The zero-order chi connectivity index (χ0) is 20.1. The Kier molecular flexibility index (Phi) is 5.74. The van der Waals surface area contributed by atoms with Crippen molar-refractivity contribution in [3.05, 3.63) is 77.9 Å². The number of anilines is 3. The fourth-order valence-electron chi connectivity index (χ4n) is 2.52. The average molecular weight is 384 g/mol. The van der Waals surface area contributed by atoms with Gasteiger partial charge in [0.1, 0.15) is 11.5 Å². The molecule has 0 unspecified atom stereocenters. The number of methoxy groups -OCH3 is 2. The fourth-order valence-corrected chi connectivity index (χ4v) is 2.52. The predicted molar refractivity (Wildman–Crippen MR) is 104 cm³/mol. The maximum atomic E-state index is 13.3. The van der Waals surface area contributed by atoms with Gasteiger partial charge in [-0.05, 0) is 48.5 Å². The van der Waals surface area contributed by atoms with E-state index < -0.39 is 11.6 Å². The molecule has 0 fully saturated rings. The number of carbonyl (C=O) groups excluding carboxylic acids is 1. The summed E-state index contributed by atoms with van der Waals surface area (Å²) in [5.41, 5.74) is 2.04. The van der Waals surface area contributed by atoms with E-state index in [0.29, 0.717) is 34.1 Å². The van der Waals surface area contributed by atoms with Crippen LogP contribution >= 0.6 is 0 Å². The van der Waals surface area contributed by atoms with Crippen LogP contribution in [0.1, 0.15) is 10.4 Å². The highest BCUT2D eigenvalue weighted by Gasteiger charge is 2.10. The Morgan fingerprint density at radius 3 is 1.89 bits per heavy atom. The van der Waals surface area contributed by atoms with E-state index in [0.717, 1.165) is 12.1 Å². The number of benzene rings is 3. The zero-order valence-corrected chi connectivity index (χ0v) is 15.3. The SMILES string of the molecule is COc1cc(OC)cc(C(=O)Nc2ccc(Nc3ccc(F)c(F)c3)cc2)c1. The Morgan fingerprint density at radius 2 is 1.32 bits per heavy atom. The van der Waals surface area contributed by atoms with Crippen molar-refractivity contribution >= 4 is 23.0 Å². The highest BCUT2D eigenvalue weighted by atomic mass is 19.2. The van der Waals surface area contributed by atoms with Gasteiger partial charge in [-0.2, -0.15) is 0 Å². The van der Waals surface area contributed by atoms with Crippen LogP contribution in [0.4, 0.5) is 25.8 Å². The molecule has 0 aromatic heterocycles. The minimum absolute atomic E-state index is 0.321. The highest BCUT2D eigenvalue weighted by molar-refractivity contribution is 6.04. The van der Waals surface area contributed by atoms with E-state index in [1.165, 1.54) is 20.3 Å². The molecule has 144 valence electrons. The molecule has 3 aromatic carbocycles. The van der Waals surface area contributed by atoms with E-state index in [1.807, 2.05) is 0 Å². The molecule has 5 nitrogen and oxygen atoms in total. The molecule has 0 radical (unpaired) electrons. The fraction of sp³-hybridized carbons (Fsp3) is 0.0952. The molecule has 0 aliphatic heterocycles. The monoisotopic (exact) mass is 384 g/mol. The molecular weight excluding hydrogens is 366 g/mol. The first kappa shape index (κ1) is 19.2. The van der Waals surface area contributed by atoms with Crippen LogP contribution < -0.4 is 20.1 Å². The predicted octanol–water partition coefficient (Wildman–Crippen LogP) is 4.98. The van der Waals surface area contributed by atoms with Crippen LogP contribution in [0, 0.1) is 11.6 Å². The van der Waals surface area contributed by atoms with Crippen molar-refractivity contribution in [1.82, 2.24) is 0 Å². The Balaban J connectivity index is 1.70. The molecule has 0 saturated carbocycles. The summed E-state index contributed by atoms with van der Waals surface area (Å²) in [6.45, 7) is 0. The summed E-state index contributed by atoms with van der Waals surface area (Å²) in [5.74, 6) is -1.13. The number of rotatable bonds is 6. The Bertz CT molecular complexity index is 969. The molecular formula is C21H18F2N2O3. The lowest BCUT2D eigenvalue weighted by Gasteiger charge is -2.11. The second-order valence-electron chi connectivity index (χ2n) is 5.89. The molecule has 0 atom stereocenters. The van der Waals surface area contributed by atoms with Crippen molar-refractivity contribution in [2.24, 2.45) is 0 Å². The summed E-state index contributed by atoms with van der Waals surface area (Å²) in [5, 5.41) is 5.74. The zero-order valence-electron chi connectivity index (χ0n) is 15.3. The number of amides is 1. The topological polar surface area (TPSA) is 59.6 Å². The molecule has 0 spiro atoms.